The van der Waals surface area contributed by atoms with E-state index in [0.717, 1.165) is 11.0 Å². The molecule has 92 valence electrons. The Kier molecular flexibility index (Phi) is 2.90. The van der Waals surface area contributed by atoms with Crippen LogP contribution in [0.4, 0.5) is 0 Å². The first-order valence-electron chi connectivity index (χ1n) is 5.88. The van der Waals surface area contributed by atoms with Crippen molar-refractivity contribution in [2.45, 2.75) is 0 Å². The van der Waals surface area contributed by atoms with Crippen LogP contribution in [0.25, 0.3) is 11.0 Å². The molecule has 0 atom stereocenters. The zero-order valence-corrected chi connectivity index (χ0v) is 10.1. The van der Waals surface area contributed by atoms with Crippen molar-refractivity contribution in [3.63, 3.8) is 0 Å². The smallest absolute Gasteiger partial charge is 0.250 e. The zero-order valence-electron chi connectivity index (χ0n) is 10.1. The number of hydrogen-bond acceptors (Lipinski definition) is 3. The molecule has 0 aliphatic rings. The first-order chi connectivity index (χ1) is 9.34. The zero-order chi connectivity index (χ0) is 13.1. The Morgan fingerprint density at radius 3 is 2.68 bits per heavy atom. The summed E-state index contributed by atoms with van der Waals surface area (Å²) in [5.74, 6) is -0.401. The van der Waals surface area contributed by atoms with Gasteiger partial charge in [0.05, 0.1) is 5.56 Å². The molecule has 2 aromatic heterocycles. The van der Waals surface area contributed by atoms with Crippen molar-refractivity contribution in [2.24, 2.45) is 0 Å². The second-order valence-corrected chi connectivity index (χ2v) is 3.99. The summed E-state index contributed by atoms with van der Waals surface area (Å²) >= 11 is 0. The number of aromatic nitrogens is 2. The standard InChI is InChI=1S/C15H11N2O2/c18-15(12-6-2-1-3-7-12)19-17-11-5-8-13-14(17)9-4-10-16-13/h1-11H/q+1. The molecule has 0 radical (unpaired) electrons. The molecule has 1 aromatic carbocycles. The normalized spacial score (nSPS) is 10.3. The number of fused-ring (bicyclic) bond motifs is 1. The van der Waals surface area contributed by atoms with E-state index in [0.29, 0.717) is 5.56 Å². The Labute approximate surface area is 109 Å². The lowest BCUT2D eigenvalue weighted by atomic mass is 10.2. The quantitative estimate of drug-likeness (QED) is 0.652. The molecule has 0 aliphatic carbocycles. The first kappa shape index (κ1) is 11.3. The average Bonchev–Trinajstić information content (AvgIpc) is 2.48. The van der Waals surface area contributed by atoms with E-state index < -0.39 is 5.97 Å². The Bertz CT molecular complexity index is 721. The largest absolute Gasteiger partial charge is 0.411 e. The van der Waals surface area contributed by atoms with Gasteiger partial charge in [-0.3, -0.25) is 0 Å². The lowest BCUT2D eigenvalue weighted by Crippen LogP contribution is -2.46. The van der Waals surface area contributed by atoms with E-state index in [1.54, 1.807) is 48.8 Å². The van der Waals surface area contributed by atoms with Crippen LogP contribution in [0.2, 0.25) is 0 Å². The van der Waals surface area contributed by atoms with Gasteiger partial charge in [-0.2, -0.15) is 4.84 Å². The van der Waals surface area contributed by atoms with E-state index >= 15 is 0 Å². The molecule has 0 bridgehead atoms. The van der Waals surface area contributed by atoms with Crippen LogP contribution in [-0.4, -0.2) is 11.0 Å². The lowest BCUT2D eigenvalue weighted by Gasteiger charge is -1.99. The van der Waals surface area contributed by atoms with E-state index in [1.807, 2.05) is 18.2 Å². The fourth-order valence-corrected chi connectivity index (χ4v) is 1.81. The fraction of sp³-hybridized carbons (Fsp3) is 0. The maximum absolute atomic E-state index is 12.0. The van der Waals surface area contributed by atoms with E-state index in [-0.39, 0.29) is 0 Å². The molecule has 2 heterocycles. The Morgan fingerprint density at radius 1 is 1.00 bits per heavy atom. The van der Waals surface area contributed by atoms with Gasteiger partial charge in [0.1, 0.15) is 5.52 Å². The molecule has 0 saturated carbocycles. The highest BCUT2D eigenvalue weighted by atomic mass is 16.7. The van der Waals surface area contributed by atoms with Crippen molar-refractivity contribution in [1.29, 1.82) is 0 Å². The summed E-state index contributed by atoms with van der Waals surface area (Å²) in [6, 6.07) is 16.2. The summed E-state index contributed by atoms with van der Waals surface area (Å²) in [6.07, 6.45) is 3.39. The van der Waals surface area contributed by atoms with Gasteiger partial charge < -0.3 is 0 Å². The number of pyridine rings is 2. The maximum atomic E-state index is 12.0. The molecule has 19 heavy (non-hydrogen) atoms. The van der Waals surface area contributed by atoms with Crippen molar-refractivity contribution in [3.8, 4) is 0 Å². The SMILES string of the molecule is O=C(O[n+]1cccc2ncccc21)c1ccccc1. The first-order valence-corrected chi connectivity index (χ1v) is 5.88. The molecule has 3 rings (SSSR count). The second-order valence-electron chi connectivity index (χ2n) is 3.99. The summed E-state index contributed by atoms with van der Waals surface area (Å²) in [6.45, 7) is 0. The molecule has 4 nitrogen and oxygen atoms in total. The minimum Gasteiger partial charge on any atom is -0.250 e. The van der Waals surface area contributed by atoms with E-state index in [9.17, 15) is 4.79 Å². The number of carbonyl (C=O) groups excluding carboxylic acids is 1. The van der Waals surface area contributed by atoms with Crippen LogP contribution in [0, 0.1) is 0 Å². The maximum Gasteiger partial charge on any atom is 0.411 e. The fourth-order valence-electron chi connectivity index (χ4n) is 1.81. The van der Waals surface area contributed by atoms with E-state index in [2.05, 4.69) is 4.98 Å². The highest BCUT2D eigenvalue weighted by Crippen LogP contribution is 2.04. The van der Waals surface area contributed by atoms with Gasteiger partial charge in [0.2, 0.25) is 6.20 Å². The van der Waals surface area contributed by atoms with Gasteiger partial charge >= 0.3 is 5.97 Å². The molecule has 0 aliphatic heterocycles. The molecule has 0 amide bonds. The minimum atomic E-state index is -0.401. The predicted octanol–water partition coefficient (Wildman–Crippen LogP) is 1.79. The van der Waals surface area contributed by atoms with Gasteiger partial charge in [0.25, 0.3) is 5.52 Å². The molecule has 0 saturated heterocycles. The van der Waals surface area contributed by atoms with E-state index in [1.165, 1.54) is 4.73 Å². The Morgan fingerprint density at radius 2 is 1.84 bits per heavy atom. The molecular formula is C15H11N2O2+. The van der Waals surface area contributed by atoms with Gasteiger partial charge in [-0.15, -0.1) is 0 Å². The topological polar surface area (TPSA) is 43.1 Å². The van der Waals surface area contributed by atoms with Gasteiger partial charge in [-0.1, -0.05) is 18.2 Å². The second kappa shape index (κ2) is 4.86. The van der Waals surface area contributed by atoms with Gasteiger partial charge in [-0.05, 0) is 24.3 Å². The van der Waals surface area contributed by atoms with Crippen LogP contribution in [0.1, 0.15) is 10.4 Å². The third-order valence-electron chi connectivity index (χ3n) is 2.72. The van der Waals surface area contributed by atoms with Crippen molar-refractivity contribution in [1.82, 2.24) is 4.98 Å². The molecular weight excluding hydrogens is 240 g/mol. The molecule has 0 spiro atoms. The predicted molar refractivity (Wildman–Crippen MR) is 69.3 cm³/mol. The Balaban J connectivity index is 1.96. The summed E-state index contributed by atoms with van der Waals surface area (Å²) in [5.41, 5.74) is 2.02. The number of benzene rings is 1. The number of carbonyl (C=O) groups is 1. The molecule has 0 unspecified atom stereocenters. The van der Waals surface area contributed by atoms with Crippen LogP contribution in [0.15, 0.2) is 67.0 Å². The molecule has 3 aromatic rings. The van der Waals surface area contributed by atoms with Crippen molar-refractivity contribution >= 4 is 17.0 Å². The molecule has 0 fully saturated rings. The summed E-state index contributed by atoms with van der Waals surface area (Å²) in [5, 5.41) is 0. The average molecular weight is 251 g/mol. The summed E-state index contributed by atoms with van der Waals surface area (Å²) in [7, 11) is 0. The van der Waals surface area contributed by atoms with Crippen LogP contribution < -0.4 is 9.57 Å². The van der Waals surface area contributed by atoms with Crippen LogP contribution in [0.3, 0.4) is 0 Å². The Hall–Kier alpha value is -2.75. The molecule has 4 heteroatoms. The van der Waals surface area contributed by atoms with Crippen LogP contribution >= 0.6 is 0 Å². The number of rotatable bonds is 2. The van der Waals surface area contributed by atoms with Crippen LogP contribution in [0.5, 0.6) is 0 Å². The van der Waals surface area contributed by atoms with Crippen molar-refractivity contribution < 1.29 is 14.4 Å². The number of nitrogens with zero attached hydrogens (tertiary/aromatic N) is 2. The van der Waals surface area contributed by atoms with Crippen LogP contribution in [-0.2, 0) is 0 Å². The minimum absolute atomic E-state index is 0.401. The van der Waals surface area contributed by atoms with Gasteiger partial charge in [-0.25, -0.2) is 9.78 Å². The highest BCUT2D eigenvalue weighted by Gasteiger charge is 2.17. The third kappa shape index (κ3) is 2.28. The molecule has 0 N–H and O–H groups in total. The summed E-state index contributed by atoms with van der Waals surface area (Å²) in [4.78, 5) is 21.6. The van der Waals surface area contributed by atoms with Crippen molar-refractivity contribution in [3.05, 3.63) is 72.6 Å². The highest BCUT2D eigenvalue weighted by molar-refractivity contribution is 5.89. The van der Waals surface area contributed by atoms with Gasteiger partial charge in [0.15, 0.2) is 0 Å². The van der Waals surface area contributed by atoms with E-state index in [4.69, 9.17) is 4.84 Å². The summed E-state index contributed by atoms with van der Waals surface area (Å²) < 4.78 is 1.43. The third-order valence-corrected chi connectivity index (χ3v) is 2.72. The monoisotopic (exact) mass is 251 g/mol. The lowest BCUT2D eigenvalue weighted by molar-refractivity contribution is -0.847. The van der Waals surface area contributed by atoms with Crippen molar-refractivity contribution in [2.75, 3.05) is 0 Å². The van der Waals surface area contributed by atoms with Gasteiger partial charge in [0, 0.05) is 23.1 Å². The number of hydrogen-bond donors (Lipinski definition) is 0.